The Hall–Kier alpha value is -2.53. The highest BCUT2D eigenvalue weighted by molar-refractivity contribution is 5.97. The van der Waals surface area contributed by atoms with E-state index in [1.54, 1.807) is 32.4 Å². The van der Waals surface area contributed by atoms with Crippen LogP contribution in [-0.4, -0.2) is 56.1 Å². The molecular formula is C21H26N2O3. The lowest BCUT2D eigenvalue weighted by molar-refractivity contribution is 0.0625. The van der Waals surface area contributed by atoms with Crippen LogP contribution < -0.4 is 9.47 Å². The van der Waals surface area contributed by atoms with Crippen LogP contribution in [0.25, 0.3) is 0 Å². The number of methoxy groups -OCH3 is 2. The SMILES string of the molecule is COc1ccc(C(=O)N2CCN(Cc3cccc(C)c3)CC2)c(OC)c1. The summed E-state index contributed by atoms with van der Waals surface area (Å²) in [5.41, 5.74) is 3.19. The fraction of sp³-hybridized carbons (Fsp3) is 0.381. The largest absolute Gasteiger partial charge is 0.497 e. The molecule has 1 heterocycles. The van der Waals surface area contributed by atoms with Gasteiger partial charge >= 0.3 is 0 Å². The van der Waals surface area contributed by atoms with Gasteiger partial charge in [0.2, 0.25) is 0 Å². The molecule has 0 unspecified atom stereocenters. The predicted octanol–water partition coefficient (Wildman–Crippen LogP) is 2.97. The molecule has 0 aliphatic carbocycles. The first-order valence-electron chi connectivity index (χ1n) is 8.90. The van der Waals surface area contributed by atoms with Crippen molar-refractivity contribution < 1.29 is 14.3 Å². The van der Waals surface area contributed by atoms with Gasteiger partial charge in [0.1, 0.15) is 11.5 Å². The van der Waals surface area contributed by atoms with Gasteiger partial charge < -0.3 is 14.4 Å². The van der Waals surface area contributed by atoms with E-state index in [-0.39, 0.29) is 5.91 Å². The Kier molecular flexibility index (Phi) is 5.78. The van der Waals surface area contributed by atoms with E-state index < -0.39 is 0 Å². The van der Waals surface area contributed by atoms with Gasteiger partial charge in [-0.15, -0.1) is 0 Å². The number of rotatable bonds is 5. The molecule has 0 bridgehead atoms. The average molecular weight is 354 g/mol. The van der Waals surface area contributed by atoms with Gasteiger partial charge in [0.05, 0.1) is 19.8 Å². The topological polar surface area (TPSA) is 42.0 Å². The van der Waals surface area contributed by atoms with E-state index in [1.807, 2.05) is 4.90 Å². The number of benzene rings is 2. The molecule has 1 aliphatic rings. The molecule has 0 saturated carbocycles. The highest BCUT2D eigenvalue weighted by atomic mass is 16.5. The first-order valence-corrected chi connectivity index (χ1v) is 8.90. The molecule has 5 nitrogen and oxygen atoms in total. The molecule has 1 fully saturated rings. The Morgan fingerprint density at radius 2 is 1.77 bits per heavy atom. The number of amides is 1. The highest BCUT2D eigenvalue weighted by Crippen LogP contribution is 2.26. The van der Waals surface area contributed by atoms with Crippen molar-refractivity contribution in [3.05, 3.63) is 59.2 Å². The molecule has 5 heteroatoms. The quantitative estimate of drug-likeness (QED) is 0.828. The van der Waals surface area contributed by atoms with E-state index in [4.69, 9.17) is 9.47 Å². The van der Waals surface area contributed by atoms with Gasteiger partial charge in [-0.05, 0) is 24.6 Å². The maximum absolute atomic E-state index is 12.9. The van der Waals surface area contributed by atoms with Gasteiger partial charge in [-0.25, -0.2) is 0 Å². The first-order chi connectivity index (χ1) is 12.6. The second-order valence-corrected chi connectivity index (χ2v) is 6.62. The molecule has 0 N–H and O–H groups in total. The van der Waals surface area contributed by atoms with Crippen molar-refractivity contribution in [1.29, 1.82) is 0 Å². The van der Waals surface area contributed by atoms with Gasteiger partial charge in [-0.2, -0.15) is 0 Å². The van der Waals surface area contributed by atoms with Gasteiger partial charge in [-0.3, -0.25) is 9.69 Å². The molecule has 0 aromatic heterocycles. The molecule has 26 heavy (non-hydrogen) atoms. The summed E-state index contributed by atoms with van der Waals surface area (Å²) in [5.74, 6) is 1.25. The standard InChI is InChI=1S/C21H26N2O3/c1-16-5-4-6-17(13-16)15-22-9-11-23(12-10-22)21(24)19-8-7-18(25-2)14-20(19)26-3/h4-8,13-14H,9-12,15H2,1-3H3. The van der Waals surface area contributed by atoms with Gasteiger partial charge in [-0.1, -0.05) is 29.8 Å². The molecule has 0 atom stereocenters. The van der Waals surface area contributed by atoms with Crippen LogP contribution in [0.2, 0.25) is 0 Å². The number of ether oxygens (including phenoxy) is 2. The zero-order valence-electron chi connectivity index (χ0n) is 15.7. The summed E-state index contributed by atoms with van der Waals surface area (Å²) in [4.78, 5) is 17.2. The molecule has 0 radical (unpaired) electrons. The molecule has 1 saturated heterocycles. The van der Waals surface area contributed by atoms with Crippen molar-refractivity contribution in [2.45, 2.75) is 13.5 Å². The van der Waals surface area contributed by atoms with Crippen LogP contribution in [-0.2, 0) is 6.54 Å². The third-order valence-corrected chi connectivity index (χ3v) is 4.79. The second-order valence-electron chi connectivity index (χ2n) is 6.62. The molecule has 0 spiro atoms. The minimum atomic E-state index is 0.0136. The predicted molar refractivity (Wildman–Crippen MR) is 102 cm³/mol. The van der Waals surface area contributed by atoms with Crippen molar-refractivity contribution >= 4 is 5.91 Å². The van der Waals surface area contributed by atoms with Crippen molar-refractivity contribution in [2.24, 2.45) is 0 Å². The second kappa shape index (κ2) is 8.23. The van der Waals surface area contributed by atoms with Crippen LogP contribution in [0.1, 0.15) is 21.5 Å². The maximum Gasteiger partial charge on any atom is 0.257 e. The lowest BCUT2D eigenvalue weighted by atomic mass is 10.1. The Morgan fingerprint density at radius 3 is 2.42 bits per heavy atom. The fourth-order valence-corrected chi connectivity index (χ4v) is 3.32. The summed E-state index contributed by atoms with van der Waals surface area (Å²) in [7, 11) is 3.18. The van der Waals surface area contributed by atoms with Crippen molar-refractivity contribution in [2.75, 3.05) is 40.4 Å². The van der Waals surface area contributed by atoms with E-state index in [2.05, 4.69) is 36.1 Å². The van der Waals surface area contributed by atoms with Crippen LogP contribution in [0.3, 0.4) is 0 Å². The van der Waals surface area contributed by atoms with Crippen LogP contribution in [0.15, 0.2) is 42.5 Å². The van der Waals surface area contributed by atoms with Crippen LogP contribution in [0, 0.1) is 6.92 Å². The maximum atomic E-state index is 12.9. The molecular weight excluding hydrogens is 328 g/mol. The summed E-state index contributed by atoms with van der Waals surface area (Å²) in [5, 5.41) is 0. The molecule has 1 amide bonds. The normalized spacial score (nSPS) is 15.0. The number of aryl methyl sites for hydroxylation is 1. The lowest BCUT2D eigenvalue weighted by Crippen LogP contribution is -2.48. The zero-order chi connectivity index (χ0) is 18.5. The number of hydrogen-bond donors (Lipinski definition) is 0. The highest BCUT2D eigenvalue weighted by Gasteiger charge is 2.24. The van der Waals surface area contributed by atoms with Crippen molar-refractivity contribution in [1.82, 2.24) is 9.80 Å². The van der Waals surface area contributed by atoms with Gasteiger partial charge in [0.25, 0.3) is 5.91 Å². The monoisotopic (exact) mass is 354 g/mol. The minimum Gasteiger partial charge on any atom is -0.497 e. The number of carbonyl (C=O) groups excluding carboxylic acids is 1. The molecule has 1 aliphatic heterocycles. The van der Waals surface area contributed by atoms with Crippen LogP contribution in [0.4, 0.5) is 0 Å². The van der Waals surface area contributed by atoms with Gasteiger partial charge in [0, 0.05) is 38.8 Å². The van der Waals surface area contributed by atoms with Crippen molar-refractivity contribution in [3.63, 3.8) is 0 Å². The molecule has 138 valence electrons. The van der Waals surface area contributed by atoms with E-state index in [0.29, 0.717) is 17.1 Å². The molecule has 3 rings (SSSR count). The summed E-state index contributed by atoms with van der Waals surface area (Å²) in [6.45, 7) is 6.23. The van der Waals surface area contributed by atoms with Gasteiger partial charge in [0.15, 0.2) is 0 Å². The third-order valence-electron chi connectivity index (χ3n) is 4.79. The zero-order valence-corrected chi connectivity index (χ0v) is 15.7. The average Bonchev–Trinajstić information content (AvgIpc) is 2.67. The number of hydrogen-bond acceptors (Lipinski definition) is 4. The summed E-state index contributed by atoms with van der Waals surface area (Å²) >= 11 is 0. The first kappa shape index (κ1) is 18.3. The van der Waals surface area contributed by atoms with E-state index in [0.717, 1.165) is 32.7 Å². The third kappa shape index (κ3) is 4.17. The molecule has 2 aromatic rings. The summed E-state index contributed by atoms with van der Waals surface area (Å²) in [6, 6.07) is 13.9. The Labute approximate surface area is 155 Å². The summed E-state index contributed by atoms with van der Waals surface area (Å²) < 4.78 is 10.6. The summed E-state index contributed by atoms with van der Waals surface area (Å²) in [6.07, 6.45) is 0. The Balaban J connectivity index is 1.62. The smallest absolute Gasteiger partial charge is 0.257 e. The number of nitrogens with zero attached hydrogens (tertiary/aromatic N) is 2. The van der Waals surface area contributed by atoms with E-state index in [1.165, 1.54) is 11.1 Å². The van der Waals surface area contributed by atoms with Crippen molar-refractivity contribution in [3.8, 4) is 11.5 Å². The molecule has 2 aromatic carbocycles. The van der Waals surface area contributed by atoms with Crippen LogP contribution in [0.5, 0.6) is 11.5 Å². The lowest BCUT2D eigenvalue weighted by Gasteiger charge is -2.35. The Bertz CT molecular complexity index is 768. The van der Waals surface area contributed by atoms with E-state index in [9.17, 15) is 4.79 Å². The number of piperazine rings is 1. The number of carbonyl (C=O) groups is 1. The minimum absolute atomic E-state index is 0.0136. The Morgan fingerprint density at radius 1 is 1.00 bits per heavy atom. The van der Waals surface area contributed by atoms with E-state index >= 15 is 0 Å². The fourth-order valence-electron chi connectivity index (χ4n) is 3.32. The van der Waals surface area contributed by atoms with Crippen LogP contribution >= 0.6 is 0 Å².